The summed E-state index contributed by atoms with van der Waals surface area (Å²) in [4.78, 5) is 55.5. The second-order valence-electron chi connectivity index (χ2n) is 14.0. The predicted octanol–water partition coefficient (Wildman–Crippen LogP) is 6.65. The number of aromatic nitrogens is 12. The third kappa shape index (κ3) is 22.7. The maximum absolute atomic E-state index is 12.1. The van der Waals surface area contributed by atoms with E-state index in [0.717, 1.165) is 37.1 Å². The average Bonchev–Trinajstić information content (AvgIpc) is 4.06. The Labute approximate surface area is 401 Å². The first-order chi connectivity index (χ1) is 33.1. The molecule has 0 unspecified atom stereocenters. The third-order valence-corrected chi connectivity index (χ3v) is 8.89. The largest absolute Gasteiger partial charge is 0.354 e. The van der Waals surface area contributed by atoms with Crippen molar-refractivity contribution in [2.24, 2.45) is 11.8 Å². The highest BCUT2D eigenvalue weighted by Crippen LogP contribution is 2.13. The van der Waals surface area contributed by atoms with Crippen LogP contribution in [0.1, 0.15) is 126 Å². The molecule has 0 aromatic carbocycles. The summed E-state index contributed by atoms with van der Waals surface area (Å²) in [6.07, 6.45) is 10.2. The van der Waals surface area contributed by atoms with Gasteiger partial charge in [-0.2, -0.15) is 10.2 Å². The van der Waals surface area contributed by atoms with Crippen LogP contribution in [-0.4, -0.2) is 98.1 Å². The molecule has 68 heavy (non-hydrogen) atoms. The molecule has 20 nitrogen and oxygen atoms in total. The van der Waals surface area contributed by atoms with E-state index in [1.807, 2.05) is 79.7 Å². The van der Waals surface area contributed by atoms with E-state index in [2.05, 4.69) is 86.1 Å². The van der Waals surface area contributed by atoms with Crippen molar-refractivity contribution in [3.05, 3.63) is 120 Å². The first-order valence-electron chi connectivity index (χ1n) is 23.4. The Morgan fingerprint density at radius 2 is 0.882 bits per heavy atom. The van der Waals surface area contributed by atoms with Crippen molar-refractivity contribution < 1.29 is 19.2 Å². The number of nitrogens with one attached hydrogen (secondary N) is 4. The molecule has 0 saturated heterocycles. The zero-order chi connectivity index (χ0) is 50.7. The molecule has 0 aliphatic heterocycles. The van der Waals surface area contributed by atoms with Crippen LogP contribution >= 0.6 is 0 Å². The van der Waals surface area contributed by atoms with Crippen molar-refractivity contribution in [3.8, 4) is 0 Å². The van der Waals surface area contributed by atoms with E-state index < -0.39 is 0 Å². The number of anilines is 2. The van der Waals surface area contributed by atoms with Crippen LogP contribution in [0.25, 0.3) is 0 Å². The SMILES string of the molecule is CC.CC.CC.CC.CNC(=O)c1cn(C[C@@H](C)CCc2ccc(NC(=O)Cc3ccccn3)nn2)nn1.CNC(=O)c1cn(C[C@H](C)CCc2ccc(NC(=O)Cc3ccccn3)nn2)nn1. The van der Waals surface area contributed by atoms with E-state index in [1.165, 1.54) is 0 Å². The van der Waals surface area contributed by atoms with Crippen molar-refractivity contribution in [1.29, 1.82) is 0 Å². The van der Waals surface area contributed by atoms with E-state index in [1.54, 1.807) is 84.6 Å². The fourth-order valence-corrected chi connectivity index (χ4v) is 5.68. The number of carbonyl (C=O) groups excluding carboxylic acids is 4. The number of carbonyl (C=O) groups is 4. The molecule has 0 fully saturated rings. The fraction of sp³-hybridized carbons (Fsp3) is 0.458. The zero-order valence-corrected chi connectivity index (χ0v) is 41.9. The summed E-state index contributed by atoms with van der Waals surface area (Å²) in [5.74, 6) is 0.566. The average molecular weight is 937 g/mol. The minimum atomic E-state index is -0.253. The molecule has 0 aliphatic carbocycles. The quantitative estimate of drug-likeness (QED) is 0.0704. The lowest BCUT2D eigenvalue weighted by Crippen LogP contribution is -2.18. The van der Waals surface area contributed by atoms with Gasteiger partial charge in [0.1, 0.15) is 0 Å². The number of hydrogen-bond donors (Lipinski definition) is 4. The smallest absolute Gasteiger partial charge is 0.273 e. The molecule has 0 saturated carbocycles. The molecule has 6 aromatic rings. The zero-order valence-electron chi connectivity index (χ0n) is 41.9. The molecule has 6 aromatic heterocycles. The maximum Gasteiger partial charge on any atom is 0.273 e. The summed E-state index contributed by atoms with van der Waals surface area (Å²) in [7, 11) is 3.12. The van der Waals surface area contributed by atoms with E-state index in [4.69, 9.17) is 0 Å². The van der Waals surface area contributed by atoms with Gasteiger partial charge in [0.15, 0.2) is 23.0 Å². The molecular formula is C48H72N16O4. The van der Waals surface area contributed by atoms with Gasteiger partial charge in [0, 0.05) is 51.0 Å². The fourth-order valence-electron chi connectivity index (χ4n) is 5.68. The van der Waals surface area contributed by atoms with Crippen LogP contribution in [0.4, 0.5) is 11.6 Å². The standard InChI is InChI=1S/2C20H24N8O2.4C2H6/c2*1-14(12-28-13-17(25-27-28)20(30)21-2)6-7-15-8-9-18(26-24-15)23-19(29)11-16-5-3-4-10-22-16;4*1-2/h2*3-5,8-10,13-14H,6-7,11-12H2,1-2H3,(H,21,30)(H,23,26,29);4*1-2H3/t2*14-;;;;/m10..../s1. The molecule has 368 valence electrons. The summed E-state index contributed by atoms with van der Waals surface area (Å²) in [6, 6.07) is 18.1. The Bertz CT molecular complexity index is 2110. The normalized spacial score (nSPS) is 10.6. The minimum absolute atomic E-state index is 0.186. The Kier molecular flexibility index (Phi) is 30.1. The Hall–Kier alpha value is -7.38. The topological polar surface area (TPSA) is 255 Å². The molecule has 4 amide bonds. The Morgan fingerprint density at radius 3 is 1.19 bits per heavy atom. The van der Waals surface area contributed by atoms with Crippen LogP contribution in [0.5, 0.6) is 0 Å². The summed E-state index contributed by atoms with van der Waals surface area (Å²) >= 11 is 0. The second kappa shape index (κ2) is 34.9. The van der Waals surface area contributed by atoms with Gasteiger partial charge >= 0.3 is 0 Å². The maximum atomic E-state index is 12.1. The lowest BCUT2D eigenvalue weighted by molar-refractivity contribution is -0.116. The molecule has 2 atom stereocenters. The summed E-state index contributed by atoms with van der Waals surface area (Å²) < 4.78 is 3.34. The Balaban J connectivity index is 0.000000593. The van der Waals surface area contributed by atoms with Crippen LogP contribution < -0.4 is 21.3 Å². The van der Waals surface area contributed by atoms with E-state index in [9.17, 15) is 19.2 Å². The predicted molar refractivity (Wildman–Crippen MR) is 264 cm³/mol. The van der Waals surface area contributed by atoms with Gasteiger partial charge < -0.3 is 21.3 Å². The van der Waals surface area contributed by atoms with Crippen LogP contribution in [0.15, 0.2) is 85.5 Å². The van der Waals surface area contributed by atoms with Crippen molar-refractivity contribution >= 4 is 35.3 Å². The number of rotatable bonds is 18. The van der Waals surface area contributed by atoms with Crippen molar-refractivity contribution in [3.63, 3.8) is 0 Å². The molecule has 0 bridgehead atoms. The molecule has 20 heteroatoms. The number of amides is 4. The summed E-state index contributed by atoms with van der Waals surface area (Å²) in [6.45, 7) is 21.5. The molecule has 0 aliphatic rings. The molecule has 4 N–H and O–H groups in total. The molecule has 0 spiro atoms. The molecular weight excluding hydrogens is 865 g/mol. The van der Waals surface area contributed by atoms with Gasteiger partial charge in [-0.25, -0.2) is 0 Å². The molecule has 6 rings (SSSR count). The molecule has 6 heterocycles. The third-order valence-electron chi connectivity index (χ3n) is 8.89. The number of hydrogen-bond acceptors (Lipinski definition) is 14. The molecule has 0 radical (unpaired) electrons. The van der Waals surface area contributed by atoms with Gasteiger partial charge in [0.2, 0.25) is 11.8 Å². The van der Waals surface area contributed by atoms with Crippen molar-refractivity contribution in [2.75, 3.05) is 24.7 Å². The van der Waals surface area contributed by atoms with E-state index >= 15 is 0 Å². The summed E-state index contributed by atoms with van der Waals surface area (Å²) in [5.41, 5.74) is 3.68. The van der Waals surface area contributed by atoms with Gasteiger partial charge in [-0.05, 0) is 86.1 Å². The van der Waals surface area contributed by atoms with Gasteiger partial charge in [0.05, 0.1) is 36.6 Å². The lowest BCUT2D eigenvalue weighted by Gasteiger charge is -2.10. The minimum Gasteiger partial charge on any atom is -0.354 e. The van der Waals surface area contributed by atoms with Crippen molar-refractivity contribution in [1.82, 2.24) is 71.0 Å². The first kappa shape index (κ1) is 58.6. The van der Waals surface area contributed by atoms with Crippen LogP contribution in [-0.2, 0) is 48.4 Å². The van der Waals surface area contributed by atoms with E-state index in [-0.39, 0.29) is 36.5 Å². The van der Waals surface area contributed by atoms with E-state index in [0.29, 0.717) is 59.3 Å². The summed E-state index contributed by atoms with van der Waals surface area (Å²) in [5, 5.41) is 42.7. The van der Waals surface area contributed by atoms with Gasteiger partial charge in [-0.15, -0.1) is 20.4 Å². The highest BCUT2D eigenvalue weighted by Gasteiger charge is 2.14. The number of aryl methyl sites for hydroxylation is 2. The van der Waals surface area contributed by atoms with Crippen LogP contribution in [0.2, 0.25) is 0 Å². The highest BCUT2D eigenvalue weighted by atomic mass is 16.2. The van der Waals surface area contributed by atoms with Gasteiger partial charge in [-0.1, -0.05) is 91.8 Å². The van der Waals surface area contributed by atoms with Gasteiger partial charge in [0.25, 0.3) is 11.8 Å². The second-order valence-corrected chi connectivity index (χ2v) is 14.0. The van der Waals surface area contributed by atoms with Gasteiger partial charge in [-0.3, -0.25) is 38.5 Å². The Morgan fingerprint density at radius 1 is 0.500 bits per heavy atom. The highest BCUT2D eigenvalue weighted by molar-refractivity contribution is 5.92. The lowest BCUT2D eigenvalue weighted by atomic mass is 10.0. The number of nitrogens with zero attached hydrogens (tertiary/aromatic N) is 12. The monoisotopic (exact) mass is 937 g/mol. The van der Waals surface area contributed by atoms with Crippen LogP contribution in [0, 0.1) is 11.8 Å². The number of pyridine rings is 2. The van der Waals surface area contributed by atoms with Crippen LogP contribution in [0.3, 0.4) is 0 Å². The van der Waals surface area contributed by atoms with Crippen molar-refractivity contribution in [2.45, 2.75) is 121 Å². The first-order valence-corrected chi connectivity index (χ1v) is 23.4.